The minimum absolute atomic E-state index is 0.0997. The van der Waals surface area contributed by atoms with Crippen LogP contribution in [0.4, 0.5) is 0 Å². The molecule has 0 N–H and O–H groups in total. The molecule has 2 aromatic heterocycles. The van der Waals surface area contributed by atoms with E-state index in [-0.39, 0.29) is 18.0 Å². The molecule has 148 valence electrons. The van der Waals surface area contributed by atoms with Crippen LogP contribution in [0.1, 0.15) is 26.7 Å². The minimum atomic E-state index is -0.530. The molecule has 2 heterocycles. The molecule has 0 aliphatic carbocycles. The summed E-state index contributed by atoms with van der Waals surface area (Å²) < 4.78 is 2.93. The van der Waals surface area contributed by atoms with Crippen LogP contribution in [0.2, 0.25) is 5.02 Å². The summed E-state index contributed by atoms with van der Waals surface area (Å²) in [5, 5.41) is 2.27. The van der Waals surface area contributed by atoms with Crippen LogP contribution in [0.3, 0.4) is 0 Å². The number of carbonyl (C=O) groups is 1. The largest absolute Gasteiger partial charge is 0.341 e. The van der Waals surface area contributed by atoms with E-state index in [2.05, 4.69) is 6.92 Å². The van der Waals surface area contributed by atoms with Gasteiger partial charge in [0.2, 0.25) is 5.91 Å². The van der Waals surface area contributed by atoms with Gasteiger partial charge in [-0.25, -0.2) is 9.36 Å². The van der Waals surface area contributed by atoms with Crippen LogP contribution in [-0.2, 0) is 11.3 Å². The van der Waals surface area contributed by atoms with Crippen molar-refractivity contribution in [3.63, 3.8) is 0 Å². The Kier molecular flexibility index (Phi) is 6.36. The molecule has 0 aliphatic rings. The summed E-state index contributed by atoms with van der Waals surface area (Å²) in [5.41, 5.74) is -0.00296. The normalized spacial score (nSPS) is 11.1. The molecule has 0 radical (unpaired) electrons. The lowest BCUT2D eigenvalue weighted by molar-refractivity contribution is -0.131. The number of hydrogen-bond acceptors (Lipinski definition) is 4. The standard InChI is InChI=1S/C20H22ClN3O3S/c1-3-5-11-22(4-2)17(25)13-23-16-10-12-28-18(16)19(26)24(20(23)27)15-8-6-14(21)7-9-15/h6-10,12H,3-5,11,13H2,1-2H3. The zero-order valence-corrected chi connectivity index (χ0v) is 17.4. The number of thiophene rings is 1. The predicted octanol–water partition coefficient (Wildman–Crippen LogP) is 3.52. The lowest BCUT2D eigenvalue weighted by atomic mass is 10.3. The fourth-order valence-electron chi connectivity index (χ4n) is 3.10. The van der Waals surface area contributed by atoms with Crippen molar-refractivity contribution < 1.29 is 4.79 Å². The number of rotatable bonds is 7. The van der Waals surface area contributed by atoms with Crippen molar-refractivity contribution in [1.29, 1.82) is 0 Å². The summed E-state index contributed by atoms with van der Waals surface area (Å²) >= 11 is 7.19. The number of nitrogens with zero attached hydrogens (tertiary/aromatic N) is 3. The molecule has 1 aromatic carbocycles. The lowest BCUT2D eigenvalue weighted by Gasteiger charge is -2.21. The van der Waals surface area contributed by atoms with Gasteiger partial charge in [-0.1, -0.05) is 24.9 Å². The molecule has 0 atom stereocenters. The van der Waals surface area contributed by atoms with Gasteiger partial charge in [0.05, 0.1) is 11.2 Å². The number of amides is 1. The Morgan fingerprint density at radius 3 is 2.50 bits per heavy atom. The molecule has 0 saturated heterocycles. The number of carbonyl (C=O) groups excluding carboxylic acids is 1. The molecular formula is C20H22ClN3O3S. The zero-order valence-electron chi connectivity index (χ0n) is 15.9. The van der Waals surface area contributed by atoms with Crippen molar-refractivity contribution in [2.75, 3.05) is 13.1 Å². The molecule has 8 heteroatoms. The topological polar surface area (TPSA) is 64.3 Å². The van der Waals surface area contributed by atoms with Crippen LogP contribution in [0.15, 0.2) is 45.3 Å². The maximum atomic E-state index is 13.2. The molecule has 0 fully saturated rings. The average Bonchev–Trinajstić information content (AvgIpc) is 3.17. The maximum absolute atomic E-state index is 13.2. The summed E-state index contributed by atoms with van der Waals surface area (Å²) in [4.78, 5) is 40.6. The van der Waals surface area contributed by atoms with E-state index in [1.807, 2.05) is 6.92 Å². The van der Waals surface area contributed by atoms with Crippen molar-refractivity contribution in [3.8, 4) is 5.69 Å². The molecule has 0 aliphatic heterocycles. The van der Waals surface area contributed by atoms with Gasteiger partial charge in [-0.3, -0.25) is 14.2 Å². The first kappa shape index (κ1) is 20.4. The molecule has 3 rings (SSSR count). The number of fused-ring (bicyclic) bond motifs is 1. The number of unbranched alkanes of at least 4 members (excludes halogenated alkanes) is 1. The van der Waals surface area contributed by atoms with Gasteiger partial charge in [0.25, 0.3) is 5.56 Å². The van der Waals surface area contributed by atoms with Crippen molar-refractivity contribution in [2.45, 2.75) is 33.2 Å². The van der Waals surface area contributed by atoms with Gasteiger partial charge in [0.15, 0.2) is 0 Å². The fraction of sp³-hybridized carbons (Fsp3) is 0.350. The molecule has 28 heavy (non-hydrogen) atoms. The summed E-state index contributed by atoms with van der Waals surface area (Å²) in [6.07, 6.45) is 1.90. The highest BCUT2D eigenvalue weighted by atomic mass is 35.5. The maximum Gasteiger partial charge on any atom is 0.336 e. The van der Waals surface area contributed by atoms with Gasteiger partial charge in [-0.05, 0) is 49.1 Å². The number of halogens is 1. The second-order valence-corrected chi connectivity index (χ2v) is 7.80. The number of hydrogen-bond donors (Lipinski definition) is 0. The van der Waals surface area contributed by atoms with E-state index in [1.54, 1.807) is 40.6 Å². The van der Waals surface area contributed by atoms with Crippen molar-refractivity contribution in [3.05, 3.63) is 61.6 Å². The molecule has 6 nitrogen and oxygen atoms in total. The smallest absolute Gasteiger partial charge is 0.336 e. The molecule has 0 saturated carbocycles. The molecular weight excluding hydrogens is 398 g/mol. The lowest BCUT2D eigenvalue weighted by Crippen LogP contribution is -2.42. The van der Waals surface area contributed by atoms with E-state index in [9.17, 15) is 14.4 Å². The van der Waals surface area contributed by atoms with Gasteiger partial charge < -0.3 is 4.90 Å². The van der Waals surface area contributed by atoms with Gasteiger partial charge in [-0.15, -0.1) is 11.3 Å². The molecule has 0 spiro atoms. The Labute approximate surface area is 171 Å². The molecule has 0 bridgehead atoms. The second-order valence-electron chi connectivity index (χ2n) is 6.45. The quantitative estimate of drug-likeness (QED) is 0.588. The SMILES string of the molecule is CCCCN(CC)C(=O)Cn1c(=O)n(-c2ccc(Cl)cc2)c(=O)c2sccc21. The Morgan fingerprint density at radius 1 is 1.14 bits per heavy atom. The summed E-state index contributed by atoms with van der Waals surface area (Å²) in [5.74, 6) is -0.133. The molecule has 0 unspecified atom stereocenters. The van der Waals surface area contributed by atoms with E-state index in [0.29, 0.717) is 34.0 Å². The Bertz CT molecular complexity index is 1100. The first-order valence-electron chi connectivity index (χ1n) is 9.24. The highest BCUT2D eigenvalue weighted by molar-refractivity contribution is 7.17. The van der Waals surface area contributed by atoms with Gasteiger partial charge in [0.1, 0.15) is 11.2 Å². The van der Waals surface area contributed by atoms with Crippen LogP contribution in [0, 0.1) is 0 Å². The van der Waals surface area contributed by atoms with Crippen molar-refractivity contribution >= 4 is 39.1 Å². The van der Waals surface area contributed by atoms with E-state index in [1.165, 1.54) is 15.9 Å². The van der Waals surface area contributed by atoms with Crippen LogP contribution in [-0.4, -0.2) is 33.0 Å². The number of benzene rings is 1. The van der Waals surface area contributed by atoms with E-state index in [0.717, 1.165) is 17.4 Å². The summed E-state index contributed by atoms with van der Waals surface area (Å²) in [6.45, 7) is 5.13. The minimum Gasteiger partial charge on any atom is -0.341 e. The van der Waals surface area contributed by atoms with E-state index >= 15 is 0 Å². The summed E-state index contributed by atoms with van der Waals surface area (Å²) in [7, 11) is 0. The zero-order chi connectivity index (χ0) is 20.3. The third kappa shape index (κ3) is 3.91. The van der Waals surface area contributed by atoms with Crippen molar-refractivity contribution in [2.24, 2.45) is 0 Å². The van der Waals surface area contributed by atoms with Crippen LogP contribution in [0.5, 0.6) is 0 Å². The Hall–Kier alpha value is -2.38. The van der Waals surface area contributed by atoms with Crippen molar-refractivity contribution in [1.82, 2.24) is 14.0 Å². The van der Waals surface area contributed by atoms with Crippen LogP contribution >= 0.6 is 22.9 Å². The van der Waals surface area contributed by atoms with Gasteiger partial charge >= 0.3 is 5.69 Å². The Morgan fingerprint density at radius 2 is 1.86 bits per heavy atom. The number of aromatic nitrogens is 2. The Balaban J connectivity index is 2.11. The summed E-state index contributed by atoms with van der Waals surface area (Å²) in [6, 6.07) is 8.21. The highest BCUT2D eigenvalue weighted by Crippen LogP contribution is 2.17. The van der Waals surface area contributed by atoms with Crippen LogP contribution in [0.25, 0.3) is 15.9 Å². The molecule has 3 aromatic rings. The number of likely N-dealkylation sites (N-methyl/N-ethyl adjacent to an activating group) is 1. The predicted molar refractivity (Wildman–Crippen MR) is 114 cm³/mol. The van der Waals surface area contributed by atoms with Crippen LogP contribution < -0.4 is 11.2 Å². The first-order chi connectivity index (χ1) is 13.5. The second kappa shape index (κ2) is 8.75. The third-order valence-corrected chi connectivity index (χ3v) is 5.79. The average molecular weight is 420 g/mol. The third-order valence-electron chi connectivity index (χ3n) is 4.65. The highest BCUT2D eigenvalue weighted by Gasteiger charge is 2.19. The van der Waals surface area contributed by atoms with E-state index in [4.69, 9.17) is 11.6 Å². The fourth-order valence-corrected chi connectivity index (χ4v) is 4.05. The molecule has 1 amide bonds. The monoisotopic (exact) mass is 419 g/mol. The van der Waals surface area contributed by atoms with Gasteiger partial charge in [0, 0.05) is 18.1 Å². The first-order valence-corrected chi connectivity index (χ1v) is 10.5. The van der Waals surface area contributed by atoms with E-state index < -0.39 is 5.69 Å². The van der Waals surface area contributed by atoms with Gasteiger partial charge in [-0.2, -0.15) is 0 Å².